The van der Waals surface area contributed by atoms with Crippen LogP contribution in [0.1, 0.15) is 24.3 Å². The van der Waals surface area contributed by atoms with Gasteiger partial charge >= 0.3 is 0 Å². The zero-order valence-corrected chi connectivity index (χ0v) is 14.0. The Morgan fingerprint density at radius 2 is 2.17 bits per heavy atom. The lowest BCUT2D eigenvalue weighted by atomic mass is 10.2. The van der Waals surface area contributed by atoms with Gasteiger partial charge in [-0.1, -0.05) is 29.4 Å². The van der Waals surface area contributed by atoms with E-state index >= 15 is 0 Å². The summed E-state index contributed by atoms with van der Waals surface area (Å²) in [4.78, 5) is 19.7. The van der Waals surface area contributed by atoms with Gasteiger partial charge in [0.15, 0.2) is 0 Å². The van der Waals surface area contributed by atoms with Crippen LogP contribution in [0.25, 0.3) is 10.7 Å². The van der Waals surface area contributed by atoms with Crippen molar-refractivity contribution in [3.05, 3.63) is 53.2 Å². The molecular weight excluding hydrogens is 322 g/mol. The van der Waals surface area contributed by atoms with Gasteiger partial charge in [-0.3, -0.25) is 4.79 Å². The van der Waals surface area contributed by atoms with Gasteiger partial charge in [0, 0.05) is 25.1 Å². The number of aromatic nitrogens is 2. The number of amides is 1. The predicted octanol–water partition coefficient (Wildman–Crippen LogP) is 3.71. The summed E-state index contributed by atoms with van der Waals surface area (Å²) in [7, 11) is 0. The number of rotatable bonds is 5. The molecule has 1 aliphatic rings. The molecule has 0 unspecified atom stereocenters. The van der Waals surface area contributed by atoms with E-state index < -0.39 is 0 Å². The lowest BCUT2D eigenvalue weighted by molar-refractivity contribution is -0.118. The van der Waals surface area contributed by atoms with Crippen LogP contribution in [0.15, 0.2) is 46.3 Å². The van der Waals surface area contributed by atoms with Crippen LogP contribution in [0.5, 0.6) is 0 Å². The number of hydrogen-bond acceptors (Lipinski definition) is 5. The molecule has 1 aliphatic heterocycles. The van der Waals surface area contributed by atoms with Crippen molar-refractivity contribution in [2.75, 3.05) is 11.4 Å². The summed E-state index contributed by atoms with van der Waals surface area (Å²) in [6, 6.07) is 12.0. The number of anilines is 1. The van der Waals surface area contributed by atoms with Gasteiger partial charge in [-0.25, -0.2) is 0 Å². The first-order valence-electron chi connectivity index (χ1n) is 8.06. The normalized spacial score (nSPS) is 13.2. The molecule has 0 aliphatic carbocycles. The molecular formula is C18H17N3O2S. The van der Waals surface area contributed by atoms with E-state index in [1.165, 1.54) is 5.56 Å². The summed E-state index contributed by atoms with van der Waals surface area (Å²) in [6.45, 7) is 0.779. The molecule has 0 radical (unpaired) electrons. The van der Waals surface area contributed by atoms with Crippen LogP contribution in [-0.2, 0) is 17.6 Å². The first kappa shape index (κ1) is 15.1. The fourth-order valence-corrected chi connectivity index (χ4v) is 3.63. The van der Waals surface area contributed by atoms with Crippen molar-refractivity contribution >= 4 is 22.9 Å². The number of carbonyl (C=O) groups excluding carboxylic acids is 1. The molecule has 1 amide bonds. The van der Waals surface area contributed by atoms with E-state index in [4.69, 9.17) is 4.52 Å². The topological polar surface area (TPSA) is 59.2 Å². The van der Waals surface area contributed by atoms with Crippen molar-refractivity contribution < 1.29 is 9.32 Å². The molecule has 0 bridgehead atoms. The number of thiophene rings is 1. The Hall–Kier alpha value is -2.47. The van der Waals surface area contributed by atoms with Gasteiger partial charge in [0.1, 0.15) is 0 Å². The quantitative estimate of drug-likeness (QED) is 0.711. The average Bonchev–Trinajstić information content (AvgIpc) is 3.34. The van der Waals surface area contributed by atoms with Crippen LogP contribution >= 0.6 is 11.3 Å². The third kappa shape index (κ3) is 2.97. The lowest BCUT2D eigenvalue weighted by Gasteiger charge is -2.16. The van der Waals surface area contributed by atoms with E-state index in [-0.39, 0.29) is 5.91 Å². The SMILES string of the molecule is O=C(CCCc1nc(-c2cccs2)no1)N1CCc2ccccc21. The number of benzene rings is 1. The van der Waals surface area contributed by atoms with Crippen LogP contribution < -0.4 is 4.90 Å². The molecule has 6 heteroatoms. The number of fused-ring (bicyclic) bond motifs is 1. The van der Waals surface area contributed by atoms with Crippen molar-refractivity contribution in [3.8, 4) is 10.7 Å². The molecule has 122 valence electrons. The standard InChI is InChI=1S/C18H17N3O2S/c22-17(21-11-10-13-5-1-2-6-14(13)21)9-3-8-16-19-18(20-23-16)15-7-4-12-24-15/h1-2,4-7,12H,3,8-11H2. The Morgan fingerprint density at radius 3 is 3.04 bits per heavy atom. The summed E-state index contributed by atoms with van der Waals surface area (Å²) < 4.78 is 5.27. The van der Waals surface area contributed by atoms with Gasteiger partial charge in [-0.05, 0) is 35.9 Å². The molecule has 0 fully saturated rings. The van der Waals surface area contributed by atoms with Crippen LogP contribution in [0, 0.1) is 0 Å². The molecule has 3 aromatic rings. The van der Waals surface area contributed by atoms with Crippen LogP contribution in [0.4, 0.5) is 5.69 Å². The Kier molecular flexibility index (Phi) is 4.13. The summed E-state index contributed by atoms with van der Waals surface area (Å²) in [5.41, 5.74) is 2.31. The van der Waals surface area contributed by atoms with Crippen LogP contribution in [0.2, 0.25) is 0 Å². The van der Waals surface area contributed by atoms with E-state index in [1.54, 1.807) is 11.3 Å². The van der Waals surface area contributed by atoms with Crippen molar-refractivity contribution in [1.29, 1.82) is 0 Å². The zero-order chi connectivity index (χ0) is 16.4. The zero-order valence-electron chi connectivity index (χ0n) is 13.1. The highest BCUT2D eigenvalue weighted by atomic mass is 32.1. The number of para-hydroxylation sites is 1. The van der Waals surface area contributed by atoms with Crippen molar-refractivity contribution in [3.63, 3.8) is 0 Å². The number of aryl methyl sites for hydroxylation is 1. The first-order valence-corrected chi connectivity index (χ1v) is 8.94. The van der Waals surface area contributed by atoms with Gasteiger partial charge in [0.2, 0.25) is 17.6 Å². The third-order valence-corrected chi connectivity index (χ3v) is 5.04. The second-order valence-corrected chi connectivity index (χ2v) is 6.71. The van der Waals surface area contributed by atoms with E-state index in [0.717, 1.165) is 23.5 Å². The monoisotopic (exact) mass is 339 g/mol. The molecule has 5 nitrogen and oxygen atoms in total. The Bertz CT molecular complexity index is 842. The maximum atomic E-state index is 12.5. The molecule has 1 aromatic carbocycles. The first-order chi connectivity index (χ1) is 11.8. The molecule has 0 atom stereocenters. The molecule has 3 heterocycles. The molecule has 24 heavy (non-hydrogen) atoms. The molecule has 2 aromatic heterocycles. The number of hydrogen-bond donors (Lipinski definition) is 0. The van der Waals surface area contributed by atoms with Crippen molar-refractivity contribution in [2.45, 2.75) is 25.7 Å². The minimum atomic E-state index is 0.165. The van der Waals surface area contributed by atoms with E-state index in [9.17, 15) is 4.79 Å². The minimum Gasteiger partial charge on any atom is -0.339 e. The molecule has 0 spiro atoms. The summed E-state index contributed by atoms with van der Waals surface area (Å²) in [5.74, 6) is 1.38. The van der Waals surface area contributed by atoms with Gasteiger partial charge in [0.25, 0.3) is 0 Å². The van der Waals surface area contributed by atoms with Gasteiger partial charge in [0.05, 0.1) is 4.88 Å². The predicted molar refractivity (Wildman–Crippen MR) is 93.0 cm³/mol. The van der Waals surface area contributed by atoms with Crippen molar-refractivity contribution in [2.24, 2.45) is 0 Å². The second-order valence-electron chi connectivity index (χ2n) is 5.77. The number of carbonyl (C=O) groups is 1. The van der Waals surface area contributed by atoms with Gasteiger partial charge < -0.3 is 9.42 Å². The van der Waals surface area contributed by atoms with Crippen LogP contribution in [-0.4, -0.2) is 22.6 Å². The Balaban J connectivity index is 1.32. The molecule has 0 saturated carbocycles. The lowest BCUT2D eigenvalue weighted by Crippen LogP contribution is -2.28. The highest BCUT2D eigenvalue weighted by Gasteiger charge is 2.23. The van der Waals surface area contributed by atoms with Gasteiger partial charge in [-0.15, -0.1) is 11.3 Å². The molecule has 0 saturated heterocycles. The van der Waals surface area contributed by atoms with E-state index in [2.05, 4.69) is 16.2 Å². The second kappa shape index (κ2) is 6.57. The fourth-order valence-electron chi connectivity index (χ4n) is 2.99. The number of nitrogens with zero attached hydrogens (tertiary/aromatic N) is 3. The summed E-state index contributed by atoms with van der Waals surface area (Å²) >= 11 is 1.58. The maximum Gasteiger partial charge on any atom is 0.227 e. The third-order valence-electron chi connectivity index (χ3n) is 4.18. The Labute approximate surface area is 143 Å². The highest BCUT2D eigenvalue weighted by Crippen LogP contribution is 2.28. The minimum absolute atomic E-state index is 0.165. The smallest absolute Gasteiger partial charge is 0.227 e. The Morgan fingerprint density at radius 1 is 1.25 bits per heavy atom. The maximum absolute atomic E-state index is 12.5. The highest BCUT2D eigenvalue weighted by molar-refractivity contribution is 7.13. The summed E-state index contributed by atoms with van der Waals surface area (Å²) in [6.07, 6.45) is 2.77. The van der Waals surface area contributed by atoms with Crippen LogP contribution in [0.3, 0.4) is 0 Å². The fraction of sp³-hybridized carbons (Fsp3) is 0.278. The van der Waals surface area contributed by atoms with Crippen molar-refractivity contribution in [1.82, 2.24) is 10.1 Å². The van der Waals surface area contributed by atoms with E-state index in [0.29, 0.717) is 31.0 Å². The van der Waals surface area contributed by atoms with E-state index in [1.807, 2.05) is 40.6 Å². The largest absolute Gasteiger partial charge is 0.339 e. The molecule has 0 N–H and O–H groups in total. The molecule has 4 rings (SSSR count). The average molecular weight is 339 g/mol. The summed E-state index contributed by atoms with van der Waals surface area (Å²) in [5, 5.41) is 5.98. The van der Waals surface area contributed by atoms with Gasteiger partial charge in [-0.2, -0.15) is 4.98 Å².